The Labute approximate surface area is 207 Å². The summed E-state index contributed by atoms with van der Waals surface area (Å²) in [5, 5.41) is 9.09. The second-order valence-electron chi connectivity index (χ2n) is 7.92. The summed E-state index contributed by atoms with van der Waals surface area (Å²) in [6, 6.07) is 11.6. The highest BCUT2D eigenvalue weighted by Crippen LogP contribution is 2.26. The first-order valence-electron chi connectivity index (χ1n) is 11.0. The lowest BCUT2D eigenvalue weighted by Gasteiger charge is -2.23. The van der Waals surface area contributed by atoms with Crippen LogP contribution >= 0.6 is 11.6 Å². The van der Waals surface area contributed by atoms with Crippen LogP contribution in [0.25, 0.3) is 0 Å². The highest BCUT2D eigenvalue weighted by Gasteiger charge is 2.23. The third-order valence-electron chi connectivity index (χ3n) is 4.99. The smallest absolute Gasteiger partial charge is 0.394 e. The first kappa shape index (κ1) is 26.2. The average molecular weight is 506 g/mol. The molecule has 0 spiro atoms. The van der Waals surface area contributed by atoms with Crippen LogP contribution in [0.5, 0.6) is 11.5 Å². The molecule has 0 radical (unpaired) electrons. The first-order chi connectivity index (χ1) is 16.6. The molecule has 0 atom stereocenters. The molecule has 0 saturated heterocycles. The van der Waals surface area contributed by atoms with Crippen LogP contribution in [0.4, 0.5) is 14.7 Å². The van der Waals surface area contributed by atoms with E-state index in [9.17, 15) is 13.6 Å². The number of anilines is 1. The summed E-state index contributed by atoms with van der Waals surface area (Å²) in [4.78, 5) is 21.7. The molecule has 0 unspecified atom stereocenters. The van der Waals surface area contributed by atoms with Gasteiger partial charge in [-0.15, -0.1) is 0 Å². The fourth-order valence-electron chi connectivity index (χ4n) is 3.25. The largest absolute Gasteiger partial charge is 0.480 e. The molecule has 1 N–H and O–H groups in total. The molecule has 7 nitrogen and oxygen atoms in total. The lowest BCUT2D eigenvalue weighted by molar-refractivity contribution is -0.159. The van der Waals surface area contributed by atoms with Crippen molar-refractivity contribution in [1.29, 1.82) is 0 Å². The Morgan fingerprint density at radius 3 is 2.31 bits per heavy atom. The molecule has 0 aliphatic heterocycles. The number of aryl methyl sites for hydroxylation is 1. The number of alkyl halides is 2. The maximum Gasteiger partial charge on any atom is 0.394 e. The monoisotopic (exact) mass is 505 g/mol. The van der Waals surface area contributed by atoms with Gasteiger partial charge in [-0.25, -0.2) is 14.8 Å². The number of rotatable bonds is 12. The summed E-state index contributed by atoms with van der Waals surface area (Å²) < 4.78 is 36.0. The summed E-state index contributed by atoms with van der Waals surface area (Å²) >= 11 is 6.25. The quantitative estimate of drug-likeness (QED) is 0.353. The number of aliphatic carboxylic acids is 1. The molecular formula is C25H26ClF2N3O4. The highest BCUT2D eigenvalue weighted by atomic mass is 35.5. The molecular weight excluding hydrogens is 480 g/mol. The van der Waals surface area contributed by atoms with Crippen molar-refractivity contribution in [2.45, 2.75) is 39.3 Å². The van der Waals surface area contributed by atoms with Gasteiger partial charge in [0.1, 0.15) is 11.5 Å². The zero-order valence-corrected chi connectivity index (χ0v) is 20.1. The number of aromatic nitrogens is 2. The molecule has 186 valence electrons. The molecule has 2 aromatic carbocycles. The van der Waals surface area contributed by atoms with E-state index in [1.807, 2.05) is 17.9 Å². The fraction of sp³-hybridized carbons (Fsp3) is 0.320. The van der Waals surface area contributed by atoms with Crippen molar-refractivity contribution in [3.63, 3.8) is 0 Å². The minimum atomic E-state index is -3.25. The van der Waals surface area contributed by atoms with E-state index in [-0.39, 0.29) is 5.75 Å². The molecule has 0 fully saturated rings. The summed E-state index contributed by atoms with van der Waals surface area (Å²) in [5.41, 5.74) is 2.80. The standard InChI is InChI=1S/C25H26ClF2N3O4/c1-3-17-13-29-24(30-14-17)31(15-19-4-7-20(8-5-19)35-25(2,27)28)11-10-18-6-9-22(21(26)12-18)34-16-23(32)33/h4-9,12-14H,3,10-11,15-16H2,1-2H3,(H,32,33). The maximum absolute atomic E-state index is 13.1. The lowest BCUT2D eigenvalue weighted by Crippen LogP contribution is -2.27. The molecule has 0 amide bonds. The zero-order valence-electron chi connectivity index (χ0n) is 19.4. The van der Waals surface area contributed by atoms with Crippen molar-refractivity contribution in [3.8, 4) is 11.5 Å². The van der Waals surface area contributed by atoms with Crippen LogP contribution < -0.4 is 14.4 Å². The van der Waals surface area contributed by atoms with E-state index in [0.29, 0.717) is 43.2 Å². The van der Waals surface area contributed by atoms with Crippen LogP contribution in [0.15, 0.2) is 54.9 Å². The number of carboxylic acids is 1. The molecule has 35 heavy (non-hydrogen) atoms. The predicted octanol–water partition coefficient (Wildman–Crippen LogP) is 5.40. The average Bonchev–Trinajstić information content (AvgIpc) is 2.81. The van der Waals surface area contributed by atoms with Gasteiger partial charge in [0.05, 0.1) is 5.02 Å². The van der Waals surface area contributed by atoms with Gasteiger partial charge in [0.2, 0.25) is 5.95 Å². The van der Waals surface area contributed by atoms with E-state index in [2.05, 4.69) is 14.7 Å². The minimum Gasteiger partial charge on any atom is -0.480 e. The van der Waals surface area contributed by atoms with Crippen molar-refractivity contribution in [2.24, 2.45) is 0 Å². The Kier molecular flexibility index (Phi) is 8.81. The number of ether oxygens (including phenoxy) is 2. The number of benzene rings is 2. The second-order valence-corrected chi connectivity index (χ2v) is 8.32. The minimum absolute atomic E-state index is 0.0798. The number of halogens is 3. The van der Waals surface area contributed by atoms with Gasteiger partial charge in [0.15, 0.2) is 6.61 Å². The Hall–Kier alpha value is -3.46. The zero-order chi connectivity index (χ0) is 25.4. The van der Waals surface area contributed by atoms with Crippen molar-refractivity contribution in [3.05, 3.63) is 76.6 Å². The Balaban J connectivity index is 1.74. The van der Waals surface area contributed by atoms with Crippen molar-refractivity contribution in [1.82, 2.24) is 9.97 Å². The van der Waals surface area contributed by atoms with E-state index in [1.165, 1.54) is 12.1 Å². The summed E-state index contributed by atoms with van der Waals surface area (Å²) in [6.45, 7) is 3.23. The van der Waals surface area contributed by atoms with Gasteiger partial charge in [-0.1, -0.05) is 36.7 Å². The van der Waals surface area contributed by atoms with Gasteiger partial charge in [-0.05, 0) is 53.8 Å². The molecule has 1 heterocycles. The number of hydrogen-bond donors (Lipinski definition) is 1. The Morgan fingerprint density at radius 1 is 1.09 bits per heavy atom. The fourth-order valence-corrected chi connectivity index (χ4v) is 3.51. The third kappa shape index (κ3) is 8.36. The molecule has 3 aromatic rings. The van der Waals surface area contributed by atoms with Crippen LogP contribution in [0.1, 0.15) is 30.5 Å². The Morgan fingerprint density at radius 2 is 1.74 bits per heavy atom. The van der Waals surface area contributed by atoms with E-state index < -0.39 is 18.7 Å². The highest BCUT2D eigenvalue weighted by molar-refractivity contribution is 6.32. The van der Waals surface area contributed by atoms with Gasteiger partial charge >= 0.3 is 12.1 Å². The van der Waals surface area contributed by atoms with Crippen LogP contribution in [-0.2, 0) is 24.2 Å². The van der Waals surface area contributed by atoms with Gasteiger partial charge in [-0.2, -0.15) is 8.78 Å². The number of carboxylic acid groups (broad SMARTS) is 1. The summed E-state index contributed by atoms with van der Waals surface area (Å²) in [7, 11) is 0. The Bertz CT molecular complexity index is 1120. The van der Waals surface area contributed by atoms with E-state index in [1.54, 1.807) is 36.7 Å². The van der Waals surface area contributed by atoms with Crippen molar-refractivity contribution < 1.29 is 28.2 Å². The first-order valence-corrected chi connectivity index (χ1v) is 11.4. The third-order valence-corrected chi connectivity index (χ3v) is 5.29. The number of nitrogens with zero attached hydrogens (tertiary/aromatic N) is 3. The molecule has 0 saturated carbocycles. The van der Waals surface area contributed by atoms with Crippen LogP contribution in [0.2, 0.25) is 5.02 Å². The molecule has 0 aliphatic rings. The maximum atomic E-state index is 13.1. The number of hydrogen-bond acceptors (Lipinski definition) is 6. The second kappa shape index (κ2) is 11.8. The normalized spacial score (nSPS) is 11.2. The van der Waals surface area contributed by atoms with E-state index in [4.69, 9.17) is 21.4 Å². The molecule has 3 rings (SSSR count). The molecule has 0 bridgehead atoms. The van der Waals surface area contributed by atoms with Crippen LogP contribution in [0.3, 0.4) is 0 Å². The predicted molar refractivity (Wildman–Crippen MR) is 128 cm³/mol. The lowest BCUT2D eigenvalue weighted by atomic mass is 10.1. The van der Waals surface area contributed by atoms with Gasteiger partial charge in [0.25, 0.3) is 0 Å². The van der Waals surface area contributed by atoms with Gasteiger partial charge in [0, 0.05) is 32.4 Å². The summed E-state index contributed by atoms with van der Waals surface area (Å²) in [5.74, 6) is -0.169. The van der Waals surface area contributed by atoms with Crippen LogP contribution in [0, 0.1) is 0 Å². The van der Waals surface area contributed by atoms with Crippen LogP contribution in [-0.4, -0.2) is 40.3 Å². The molecule has 10 heteroatoms. The number of carbonyl (C=O) groups is 1. The van der Waals surface area contributed by atoms with Gasteiger partial charge < -0.3 is 19.5 Å². The molecule has 0 aliphatic carbocycles. The topological polar surface area (TPSA) is 84.8 Å². The summed E-state index contributed by atoms with van der Waals surface area (Å²) in [6.07, 6.45) is 1.72. The van der Waals surface area contributed by atoms with E-state index >= 15 is 0 Å². The SMILES string of the molecule is CCc1cnc(N(CCc2ccc(OCC(=O)O)c(Cl)c2)Cc2ccc(OC(C)(F)F)cc2)nc1. The van der Waals surface area contributed by atoms with Crippen molar-refractivity contribution >= 4 is 23.5 Å². The molecule has 1 aromatic heterocycles. The van der Waals surface area contributed by atoms with Crippen molar-refractivity contribution in [2.75, 3.05) is 18.1 Å². The van der Waals surface area contributed by atoms with Gasteiger partial charge in [-0.3, -0.25) is 0 Å². The van der Waals surface area contributed by atoms with E-state index in [0.717, 1.165) is 23.1 Å².